The summed E-state index contributed by atoms with van der Waals surface area (Å²) in [6, 6.07) is 12.3. The molecule has 0 aliphatic carbocycles. The van der Waals surface area contributed by atoms with Gasteiger partial charge in [-0.05, 0) is 30.7 Å². The van der Waals surface area contributed by atoms with Crippen molar-refractivity contribution in [3.63, 3.8) is 0 Å². The topological polar surface area (TPSA) is 78.4 Å². The Morgan fingerprint density at radius 3 is 2.53 bits per heavy atom. The lowest BCUT2D eigenvalue weighted by Crippen LogP contribution is -2.00. The summed E-state index contributed by atoms with van der Waals surface area (Å²) in [5.41, 5.74) is 7.45. The van der Waals surface area contributed by atoms with E-state index < -0.39 is 4.92 Å². The summed E-state index contributed by atoms with van der Waals surface area (Å²) in [6.07, 6.45) is 0. The molecule has 0 heterocycles. The average Bonchev–Trinajstić information content (AvgIpc) is 2.39. The van der Waals surface area contributed by atoms with Crippen LogP contribution in [0.3, 0.4) is 0 Å². The van der Waals surface area contributed by atoms with Crippen LogP contribution in [0, 0.1) is 17.0 Å². The Morgan fingerprint density at radius 1 is 1.21 bits per heavy atom. The summed E-state index contributed by atoms with van der Waals surface area (Å²) in [4.78, 5) is 10.3. The maximum Gasteiger partial charge on any atom is 0.292 e. The van der Waals surface area contributed by atoms with Gasteiger partial charge in [-0.1, -0.05) is 23.8 Å². The fourth-order valence-electron chi connectivity index (χ4n) is 1.64. The molecule has 2 aromatic carbocycles. The van der Waals surface area contributed by atoms with Crippen molar-refractivity contribution >= 4 is 11.4 Å². The van der Waals surface area contributed by atoms with Crippen LogP contribution in [0.25, 0.3) is 0 Å². The van der Waals surface area contributed by atoms with Gasteiger partial charge in [0.2, 0.25) is 0 Å². The Hall–Kier alpha value is -2.56. The summed E-state index contributed by atoms with van der Waals surface area (Å²) in [7, 11) is 0. The zero-order valence-corrected chi connectivity index (χ0v) is 10.5. The lowest BCUT2D eigenvalue weighted by molar-refractivity contribution is -0.384. The van der Waals surface area contributed by atoms with Crippen molar-refractivity contribution in [2.24, 2.45) is 0 Å². The van der Waals surface area contributed by atoms with Gasteiger partial charge in [-0.2, -0.15) is 0 Å². The fraction of sp³-hybridized carbons (Fsp3) is 0.143. The van der Waals surface area contributed by atoms with Crippen molar-refractivity contribution in [1.29, 1.82) is 0 Å². The third kappa shape index (κ3) is 3.22. The van der Waals surface area contributed by atoms with Crippen LogP contribution in [0.4, 0.5) is 11.4 Å². The molecule has 0 amide bonds. The molecule has 0 aromatic heterocycles. The number of nitro groups is 1. The highest BCUT2D eigenvalue weighted by molar-refractivity contribution is 5.59. The maximum atomic E-state index is 10.8. The number of aryl methyl sites for hydroxylation is 1. The summed E-state index contributed by atoms with van der Waals surface area (Å²) in [5, 5.41) is 10.8. The molecule has 5 heteroatoms. The van der Waals surface area contributed by atoms with E-state index in [9.17, 15) is 10.1 Å². The van der Waals surface area contributed by atoms with Gasteiger partial charge in [0.1, 0.15) is 18.0 Å². The molecular formula is C14H14N2O3. The quantitative estimate of drug-likeness (QED) is 0.519. The van der Waals surface area contributed by atoms with Crippen molar-refractivity contribution in [2.45, 2.75) is 13.5 Å². The second-order valence-electron chi connectivity index (χ2n) is 4.25. The summed E-state index contributed by atoms with van der Waals surface area (Å²) >= 11 is 0. The Labute approximate surface area is 110 Å². The SMILES string of the molecule is Cc1ccc(OCc2ccc(N)c([N+](=O)[O-])c2)cc1. The van der Waals surface area contributed by atoms with Crippen molar-refractivity contribution in [3.05, 3.63) is 63.7 Å². The molecule has 0 atom stereocenters. The highest BCUT2D eigenvalue weighted by Gasteiger charge is 2.11. The van der Waals surface area contributed by atoms with Crippen LogP contribution in [0.5, 0.6) is 5.75 Å². The smallest absolute Gasteiger partial charge is 0.292 e. The van der Waals surface area contributed by atoms with Crippen LogP contribution in [-0.2, 0) is 6.61 Å². The first-order valence-electron chi connectivity index (χ1n) is 5.78. The minimum absolute atomic E-state index is 0.0926. The standard InChI is InChI=1S/C14H14N2O3/c1-10-2-5-12(6-3-10)19-9-11-4-7-13(15)14(8-11)16(17)18/h2-8H,9,15H2,1H3. The zero-order valence-electron chi connectivity index (χ0n) is 10.5. The van der Waals surface area contributed by atoms with E-state index >= 15 is 0 Å². The van der Waals surface area contributed by atoms with Crippen LogP contribution >= 0.6 is 0 Å². The first-order chi connectivity index (χ1) is 9.06. The predicted octanol–water partition coefficient (Wildman–Crippen LogP) is 3.06. The van der Waals surface area contributed by atoms with Gasteiger partial charge in [0.15, 0.2) is 0 Å². The van der Waals surface area contributed by atoms with E-state index in [1.54, 1.807) is 6.07 Å². The summed E-state index contributed by atoms with van der Waals surface area (Å²) in [5.74, 6) is 0.727. The van der Waals surface area contributed by atoms with E-state index in [1.165, 1.54) is 12.1 Å². The first kappa shape index (κ1) is 12.9. The molecule has 0 bridgehead atoms. The second-order valence-corrected chi connectivity index (χ2v) is 4.25. The van der Waals surface area contributed by atoms with Crippen molar-refractivity contribution in [2.75, 3.05) is 5.73 Å². The van der Waals surface area contributed by atoms with Crippen LogP contribution in [0.2, 0.25) is 0 Å². The van der Waals surface area contributed by atoms with Gasteiger partial charge in [-0.25, -0.2) is 0 Å². The van der Waals surface area contributed by atoms with E-state index in [0.29, 0.717) is 5.56 Å². The van der Waals surface area contributed by atoms with Gasteiger partial charge in [-0.15, -0.1) is 0 Å². The number of anilines is 1. The highest BCUT2D eigenvalue weighted by Crippen LogP contribution is 2.23. The molecule has 0 fully saturated rings. The van der Waals surface area contributed by atoms with E-state index in [-0.39, 0.29) is 18.0 Å². The number of hydrogen-bond acceptors (Lipinski definition) is 4. The van der Waals surface area contributed by atoms with E-state index in [1.807, 2.05) is 31.2 Å². The lowest BCUT2D eigenvalue weighted by Gasteiger charge is -2.07. The molecular weight excluding hydrogens is 244 g/mol. The van der Waals surface area contributed by atoms with Gasteiger partial charge >= 0.3 is 0 Å². The third-order valence-corrected chi connectivity index (χ3v) is 2.72. The molecule has 0 saturated heterocycles. The van der Waals surface area contributed by atoms with Crippen molar-refractivity contribution in [3.8, 4) is 5.75 Å². The Balaban J connectivity index is 2.09. The summed E-state index contributed by atoms with van der Waals surface area (Å²) in [6.45, 7) is 2.26. The van der Waals surface area contributed by atoms with Crippen LogP contribution in [-0.4, -0.2) is 4.92 Å². The normalized spacial score (nSPS) is 10.2. The molecule has 0 saturated carbocycles. The number of nitrogens with zero attached hydrogens (tertiary/aromatic N) is 1. The lowest BCUT2D eigenvalue weighted by atomic mass is 10.2. The average molecular weight is 258 g/mol. The second kappa shape index (κ2) is 5.39. The van der Waals surface area contributed by atoms with E-state index in [2.05, 4.69) is 0 Å². The van der Waals surface area contributed by atoms with Crippen LogP contribution in [0.1, 0.15) is 11.1 Å². The molecule has 5 nitrogen and oxygen atoms in total. The van der Waals surface area contributed by atoms with Crippen molar-refractivity contribution < 1.29 is 9.66 Å². The molecule has 0 unspecified atom stereocenters. The van der Waals surface area contributed by atoms with Crippen LogP contribution < -0.4 is 10.5 Å². The van der Waals surface area contributed by atoms with Gasteiger partial charge in [0, 0.05) is 6.07 Å². The number of nitrogens with two attached hydrogens (primary N) is 1. The third-order valence-electron chi connectivity index (χ3n) is 2.72. The molecule has 2 rings (SSSR count). The van der Waals surface area contributed by atoms with E-state index in [4.69, 9.17) is 10.5 Å². The molecule has 0 aliphatic rings. The number of nitro benzene ring substituents is 1. The largest absolute Gasteiger partial charge is 0.489 e. The van der Waals surface area contributed by atoms with Gasteiger partial charge in [-0.3, -0.25) is 10.1 Å². The Bertz CT molecular complexity index is 594. The Morgan fingerprint density at radius 2 is 1.89 bits per heavy atom. The molecule has 98 valence electrons. The minimum atomic E-state index is -0.495. The number of nitrogen functional groups attached to an aromatic ring is 1. The van der Waals surface area contributed by atoms with Gasteiger partial charge in [0.05, 0.1) is 4.92 Å². The monoisotopic (exact) mass is 258 g/mol. The molecule has 0 spiro atoms. The molecule has 19 heavy (non-hydrogen) atoms. The van der Waals surface area contributed by atoms with Crippen LogP contribution in [0.15, 0.2) is 42.5 Å². The van der Waals surface area contributed by atoms with E-state index in [0.717, 1.165) is 11.3 Å². The zero-order chi connectivity index (χ0) is 13.8. The highest BCUT2D eigenvalue weighted by atomic mass is 16.6. The number of hydrogen-bond donors (Lipinski definition) is 1. The predicted molar refractivity (Wildman–Crippen MR) is 73.0 cm³/mol. The molecule has 0 aliphatic heterocycles. The van der Waals surface area contributed by atoms with Gasteiger partial charge in [0.25, 0.3) is 5.69 Å². The Kier molecular flexibility index (Phi) is 3.66. The van der Waals surface area contributed by atoms with Crippen molar-refractivity contribution in [1.82, 2.24) is 0 Å². The molecule has 2 aromatic rings. The number of ether oxygens (including phenoxy) is 1. The molecule has 0 radical (unpaired) electrons. The summed E-state index contributed by atoms with van der Waals surface area (Å²) < 4.78 is 5.56. The number of rotatable bonds is 4. The fourth-order valence-corrected chi connectivity index (χ4v) is 1.64. The number of benzene rings is 2. The maximum absolute atomic E-state index is 10.8. The van der Waals surface area contributed by atoms with Gasteiger partial charge < -0.3 is 10.5 Å². The first-order valence-corrected chi connectivity index (χ1v) is 5.78. The molecule has 2 N–H and O–H groups in total. The minimum Gasteiger partial charge on any atom is -0.489 e.